The second-order valence-electron chi connectivity index (χ2n) is 4.18. The van der Waals surface area contributed by atoms with E-state index in [1.165, 1.54) is 12.1 Å². The number of aryl methyl sites for hydroxylation is 1. The van der Waals surface area contributed by atoms with E-state index in [0.29, 0.717) is 16.9 Å². The zero-order chi connectivity index (χ0) is 14.0. The van der Waals surface area contributed by atoms with Crippen molar-refractivity contribution in [2.45, 2.75) is 6.92 Å². The summed E-state index contributed by atoms with van der Waals surface area (Å²) in [5.74, 6) is -0.839. The van der Waals surface area contributed by atoms with Gasteiger partial charge in [-0.2, -0.15) is 0 Å². The minimum Gasteiger partial charge on any atom is -0.496 e. The van der Waals surface area contributed by atoms with Gasteiger partial charge in [0.1, 0.15) is 11.6 Å². The van der Waals surface area contributed by atoms with Crippen LogP contribution in [0, 0.1) is 12.7 Å². The van der Waals surface area contributed by atoms with Gasteiger partial charge in [0.15, 0.2) is 0 Å². The Kier molecular flexibility index (Phi) is 3.51. The zero-order valence-electron chi connectivity index (χ0n) is 10.6. The Bertz CT molecular complexity index is 635. The van der Waals surface area contributed by atoms with E-state index in [-0.39, 0.29) is 5.56 Å². The lowest BCUT2D eigenvalue weighted by molar-refractivity contribution is 0.0697. The van der Waals surface area contributed by atoms with Crippen LogP contribution in [0.25, 0.3) is 11.1 Å². The molecular weight excluding hydrogens is 247 g/mol. The maximum absolute atomic E-state index is 13.3. The molecule has 0 aliphatic rings. The van der Waals surface area contributed by atoms with Crippen LogP contribution in [0.3, 0.4) is 0 Å². The fourth-order valence-electron chi connectivity index (χ4n) is 1.99. The van der Waals surface area contributed by atoms with Gasteiger partial charge in [0.05, 0.1) is 12.7 Å². The van der Waals surface area contributed by atoms with Crippen molar-refractivity contribution in [3.63, 3.8) is 0 Å². The van der Waals surface area contributed by atoms with Crippen molar-refractivity contribution in [2.75, 3.05) is 7.11 Å². The van der Waals surface area contributed by atoms with Crippen molar-refractivity contribution >= 4 is 5.97 Å². The highest BCUT2D eigenvalue weighted by Gasteiger charge is 2.13. The monoisotopic (exact) mass is 260 g/mol. The number of carboxylic acids is 1. The van der Waals surface area contributed by atoms with Gasteiger partial charge in [-0.15, -0.1) is 0 Å². The number of halogens is 1. The van der Waals surface area contributed by atoms with Gasteiger partial charge in [-0.1, -0.05) is 6.07 Å². The van der Waals surface area contributed by atoms with Crippen LogP contribution in [-0.4, -0.2) is 18.2 Å². The van der Waals surface area contributed by atoms with E-state index in [0.717, 1.165) is 11.6 Å². The molecule has 0 atom stereocenters. The first-order valence-corrected chi connectivity index (χ1v) is 5.71. The van der Waals surface area contributed by atoms with Crippen LogP contribution in [-0.2, 0) is 0 Å². The van der Waals surface area contributed by atoms with Crippen LogP contribution in [0.4, 0.5) is 4.39 Å². The maximum atomic E-state index is 13.3. The molecule has 0 bridgehead atoms. The lowest BCUT2D eigenvalue weighted by Gasteiger charge is -2.10. The van der Waals surface area contributed by atoms with Gasteiger partial charge < -0.3 is 9.84 Å². The summed E-state index contributed by atoms with van der Waals surface area (Å²) in [5, 5.41) is 9.14. The summed E-state index contributed by atoms with van der Waals surface area (Å²) in [6.07, 6.45) is 0. The number of carboxylic acid groups (broad SMARTS) is 1. The number of carbonyl (C=O) groups is 1. The molecule has 0 aromatic heterocycles. The third kappa shape index (κ3) is 2.57. The van der Waals surface area contributed by atoms with Crippen molar-refractivity contribution in [1.82, 2.24) is 0 Å². The Morgan fingerprint density at radius 1 is 1.21 bits per heavy atom. The van der Waals surface area contributed by atoms with Gasteiger partial charge >= 0.3 is 5.97 Å². The lowest BCUT2D eigenvalue weighted by Crippen LogP contribution is -2.00. The van der Waals surface area contributed by atoms with Crippen molar-refractivity contribution in [3.05, 3.63) is 53.3 Å². The SMILES string of the molecule is COc1ccc(-c2cc(F)ccc2C(=O)O)cc1C. The predicted molar refractivity (Wildman–Crippen MR) is 70.1 cm³/mol. The first-order chi connectivity index (χ1) is 9.02. The van der Waals surface area contributed by atoms with Gasteiger partial charge in [-0.05, 0) is 53.9 Å². The molecule has 19 heavy (non-hydrogen) atoms. The summed E-state index contributed by atoms with van der Waals surface area (Å²) >= 11 is 0. The van der Waals surface area contributed by atoms with E-state index in [1.54, 1.807) is 25.3 Å². The minimum atomic E-state index is -1.08. The van der Waals surface area contributed by atoms with Gasteiger partial charge in [0.2, 0.25) is 0 Å². The number of hydrogen-bond acceptors (Lipinski definition) is 2. The number of rotatable bonds is 3. The molecule has 0 amide bonds. The molecule has 2 aromatic rings. The van der Waals surface area contributed by atoms with Gasteiger partial charge in [0.25, 0.3) is 0 Å². The van der Waals surface area contributed by atoms with E-state index < -0.39 is 11.8 Å². The van der Waals surface area contributed by atoms with Crippen LogP contribution in [0.2, 0.25) is 0 Å². The molecule has 1 N–H and O–H groups in total. The lowest BCUT2D eigenvalue weighted by atomic mass is 9.98. The normalized spacial score (nSPS) is 10.3. The number of ether oxygens (including phenoxy) is 1. The summed E-state index contributed by atoms with van der Waals surface area (Å²) in [5.41, 5.74) is 1.94. The highest BCUT2D eigenvalue weighted by atomic mass is 19.1. The predicted octanol–water partition coefficient (Wildman–Crippen LogP) is 3.51. The standard InChI is InChI=1S/C15H13FO3/c1-9-7-10(3-6-14(9)19-2)13-8-11(16)4-5-12(13)15(17)18/h3-8H,1-2H3,(H,17,18). The summed E-state index contributed by atoms with van der Waals surface area (Å²) in [7, 11) is 1.56. The van der Waals surface area contributed by atoms with Gasteiger partial charge in [-0.3, -0.25) is 0 Å². The quantitative estimate of drug-likeness (QED) is 0.918. The number of methoxy groups -OCH3 is 1. The second-order valence-corrected chi connectivity index (χ2v) is 4.18. The molecule has 0 saturated heterocycles. The van der Waals surface area contributed by atoms with Crippen molar-refractivity contribution in [2.24, 2.45) is 0 Å². The minimum absolute atomic E-state index is 0.0750. The van der Waals surface area contributed by atoms with Crippen LogP contribution in [0.5, 0.6) is 5.75 Å². The van der Waals surface area contributed by atoms with E-state index in [2.05, 4.69) is 0 Å². The summed E-state index contributed by atoms with van der Waals surface area (Å²) < 4.78 is 18.5. The number of hydrogen-bond donors (Lipinski definition) is 1. The number of aromatic carboxylic acids is 1. The molecule has 0 aliphatic heterocycles. The average Bonchev–Trinajstić information content (AvgIpc) is 2.38. The Balaban J connectivity index is 2.61. The second kappa shape index (κ2) is 5.10. The molecule has 0 fully saturated rings. The molecule has 0 radical (unpaired) electrons. The molecule has 0 spiro atoms. The smallest absolute Gasteiger partial charge is 0.336 e. The molecule has 2 aromatic carbocycles. The Labute approximate surface area is 110 Å². The maximum Gasteiger partial charge on any atom is 0.336 e. The van der Waals surface area contributed by atoms with E-state index in [1.807, 2.05) is 6.92 Å². The zero-order valence-corrected chi connectivity index (χ0v) is 10.6. The third-order valence-corrected chi connectivity index (χ3v) is 2.92. The Morgan fingerprint density at radius 2 is 1.95 bits per heavy atom. The topological polar surface area (TPSA) is 46.5 Å². The Morgan fingerprint density at radius 3 is 2.53 bits per heavy atom. The summed E-state index contributed by atoms with van der Waals surface area (Å²) in [6.45, 7) is 1.85. The molecule has 0 saturated carbocycles. The number of benzene rings is 2. The first-order valence-electron chi connectivity index (χ1n) is 5.71. The van der Waals surface area contributed by atoms with Gasteiger partial charge in [0, 0.05) is 0 Å². The van der Waals surface area contributed by atoms with Crippen molar-refractivity contribution in [1.29, 1.82) is 0 Å². The van der Waals surface area contributed by atoms with E-state index in [4.69, 9.17) is 9.84 Å². The van der Waals surface area contributed by atoms with E-state index in [9.17, 15) is 9.18 Å². The van der Waals surface area contributed by atoms with E-state index >= 15 is 0 Å². The fraction of sp³-hybridized carbons (Fsp3) is 0.133. The van der Waals surface area contributed by atoms with Gasteiger partial charge in [-0.25, -0.2) is 9.18 Å². The van der Waals surface area contributed by atoms with Crippen LogP contribution in [0.1, 0.15) is 15.9 Å². The molecule has 3 nitrogen and oxygen atoms in total. The third-order valence-electron chi connectivity index (χ3n) is 2.92. The molecule has 2 rings (SSSR count). The molecular formula is C15H13FO3. The summed E-state index contributed by atoms with van der Waals surface area (Å²) in [6, 6.07) is 8.87. The molecule has 0 heterocycles. The fourth-order valence-corrected chi connectivity index (χ4v) is 1.99. The van der Waals surface area contributed by atoms with Crippen LogP contribution >= 0.6 is 0 Å². The molecule has 0 unspecified atom stereocenters. The average molecular weight is 260 g/mol. The highest BCUT2D eigenvalue weighted by Crippen LogP contribution is 2.29. The molecule has 98 valence electrons. The van der Waals surface area contributed by atoms with Crippen LogP contribution in [0.15, 0.2) is 36.4 Å². The van der Waals surface area contributed by atoms with Crippen molar-refractivity contribution < 1.29 is 19.0 Å². The largest absolute Gasteiger partial charge is 0.496 e. The van der Waals surface area contributed by atoms with Crippen LogP contribution < -0.4 is 4.74 Å². The first kappa shape index (κ1) is 13.1. The summed E-state index contributed by atoms with van der Waals surface area (Å²) in [4.78, 5) is 11.2. The highest BCUT2D eigenvalue weighted by molar-refractivity contribution is 5.96. The molecule has 0 aliphatic carbocycles. The van der Waals surface area contributed by atoms with Crippen molar-refractivity contribution in [3.8, 4) is 16.9 Å². The Hall–Kier alpha value is -2.36. The molecule has 4 heteroatoms.